The van der Waals surface area contributed by atoms with Gasteiger partial charge < -0.3 is 4.90 Å². The van der Waals surface area contributed by atoms with Crippen LogP contribution in [0.15, 0.2) is 29.2 Å². The van der Waals surface area contributed by atoms with Gasteiger partial charge in [-0.2, -0.15) is 0 Å². The van der Waals surface area contributed by atoms with Crippen molar-refractivity contribution in [3.8, 4) is 0 Å². The molecule has 3 rings (SSSR count). The van der Waals surface area contributed by atoms with Crippen molar-refractivity contribution in [1.29, 1.82) is 0 Å². The molecule has 0 N–H and O–H groups in total. The van der Waals surface area contributed by atoms with Crippen LogP contribution in [0.1, 0.15) is 29.2 Å². The van der Waals surface area contributed by atoms with Gasteiger partial charge in [-0.1, -0.05) is 16.6 Å². The summed E-state index contributed by atoms with van der Waals surface area (Å²) in [6, 6.07) is 8.05. The van der Waals surface area contributed by atoms with E-state index in [1.807, 2.05) is 41.8 Å². The Balaban J connectivity index is 2.05. The van der Waals surface area contributed by atoms with Crippen LogP contribution in [0, 0.1) is 6.92 Å². The molecule has 104 valence electrons. The van der Waals surface area contributed by atoms with Crippen molar-refractivity contribution < 1.29 is 4.79 Å². The van der Waals surface area contributed by atoms with E-state index in [1.165, 1.54) is 11.5 Å². The third-order valence-corrected chi connectivity index (χ3v) is 5.23. The molecule has 2 aromatic rings. The second-order valence-corrected chi connectivity index (χ2v) is 7.91. The van der Waals surface area contributed by atoms with Gasteiger partial charge in [0.05, 0.1) is 11.4 Å². The predicted molar refractivity (Wildman–Crippen MR) is 82.7 cm³/mol. The van der Waals surface area contributed by atoms with Crippen LogP contribution < -0.4 is 4.90 Å². The molecule has 6 heteroatoms. The van der Waals surface area contributed by atoms with E-state index in [1.54, 1.807) is 0 Å². The number of hydrogen-bond donors (Lipinski definition) is 0. The summed E-state index contributed by atoms with van der Waals surface area (Å²) < 4.78 is 3.86. The molecule has 0 bridgehead atoms. The number of carbonyl (C=O) groups excluding carboxylic acids is 1. The lowest BCUT2D eigenvalue weighted by Gasteiger charge is -2.38. The fraction of sp³-hybridized carbons (Fsp3) is 0.357. The molecule has 0 atom stereocenters. The summed E-state index contributed by atoms with van der Waals surface area (Å²) in [4.78, 5) is 16.4. The summed E-state index contributed by atoms with van der Waals surface area (Å²) in [5, 5.41) is 3.94. The number of fused-ring (bicyclic) bond motifs is 1. The fourth-order valence-electron chi connectivity index (χ4n) is 2.29. The topological polar surface area (TPSA) is 46.1 Å². The van der Waals surface area contributed by atoms with Gasteiger partial charge in [-0.3, -0.25) is 4.79 Å². The quantitative estimate of drug-likeness (QED) is 0.810. The van der Waals surface area contributed by atoms with Crippen LogP contribution in [-0.4, -0.2) is 26.8 Å². The Labute approximate surface area is 126 Å². The monoisotopic (exact) mass is 305 g/mol. The average molecular weight is 305 g/mol. The first kappa shape index (κ1) is 13.6. The second kappa shape index (κ2) is 4.86. The van der Waals surface area contributed by atoms with Gasteiger partial charge in [0, 0.05) is 16.2 Å². The summed E-state index contributed by atoms with van der Waals surface area (Å²) in [7, 11) is 0. The third-order valence-electron chi connectivity index (χ3n) is 3.17. The Hall–Kier alpha value is -1.40. The molecule has 0 unspecified atom stereocenters. The van der Waals surface area contributed by atoms with Crippen molar-refractivity contribution >= 4 is 34.9 Å². The normalized spacial score (nSPS) is 16.9. The first-order chi connectivity index (χ1) is 9.48. The maximum atomic E-state index is 12.8. The van der Waals surface area contributed by atoms with E-state index in [0.29, 0.717) is 17.1 Å². The molecule has 1 amide bonds. The molecule has 2 heterocycles. The van der Waals surface area contributed by atoms with Crippen molar-refractivity contribution in [1.82, 2.24) is 9.59 Å². The molecule has 0 spiro atoms. The van der Waals surface area contributed by atoms with Crippen molar-refractivity contribution in [3.05, 3.63) is 34.8 Å². The number of para-hydroxylation sites is 1. The van der Waals surface area contributed by atoms with Gasteiger partial charge >= 0.3 is 0 Å². The maximum Gasteiger partial charge on any atom is 0.272 e. The van der Waals surface area contributed by atoms with Crippen molar-refractivity contribution in [2.45, 2.75) is 30.4 Å². The number of benzene rings is 1. The Bertz CT molecular complexity index is 666. The van der Waals surface area contributed by atoms with Crippen molar-refractivity contribution in [2.75, 3.05) is 11.4 Å². The number of aryl methyl sites for hydroxylation is 1. The Kier molecular flexibility index (Phi) is 3.30. The molecule has 1 aromatic heterocycles. The molecule has 4 nitrogen and oxygen atoms in total. The van der Waals surface area contributed by atoms with Gasteiger partial charge in [-0.15, -0.1) is 16.9 Å². The standard InChI is InChI=1S/C14H15N3OS2/c1-9-12(20-16-15-9)13(18)17-8-14(2,3)19-11-7-5-4-6-10(11)17/h4-7H,8H2,1-3H3. The van der Waals surface area contributed by atoms with Crippen molar-refractivity contribution in [3.63, 3.8) is 0 Å². The Morgan fingerprint density at radius 2 is 2.10 bits per heavy atom. The highest BCUT2D eigenvalue weighted by Crippen LogP contribution is 2.44. The van der Waals surface area contributed by atoms with Crippen LogP contribution in [0.2, 0.25) is 0 Å². The van der Waals surface area contributed by atoms with Gasteiger partial charge in [-0.05, 0) is 44.4 Å². The molecule has 20 heavy (non-hydrogen) atoms. The number of aromatic nitrogens is 2. The lowest BCUT2D eigenvalue weighted by atomic mass is 10.1. The summed E-state index contributed by atoms with van der Waals surface area (Å²) in [5.41, 5.74) is 1.68. The zero-order chi connectivity index (χ0) is 14.3. The smallest absolute Gasteiger partial charge is 0.272 e. The number of amides is 1. The fourth-order valence-corrected chi connectivity index (χ4v) is 4.12. The van der Waals surface area contributed by atoms with E-state index in [0.717, 1.165) is 10.6 Å². The zero-order valence-electron chi connectivity index (χ0n) is 11.6. The van der Waals surface area contributed by atoms with Crippen LogP contribution in [0.25, 0.3) is 0 Å². The molecule has 1 aliphatic heterocycles. The van der Waals surface area contributed by atoms with Gasteiger partial charge in [-0.25, -0.2) is 0 Å². The highest BCUT2D eigenvalue weighted by molar-refractivity contribution is 8.00. The molecule has 0 radical (unpaired) electrons. The summed E-state index contributed by atoms with van der Waals surface area (Å²) in [6.07, 6.45) is 0. The second-order valence-electron chi connectivity index (χ2n) is 5.41. The summed E-state index contributed by atoms with van der Waals surface area (Å²) >= 11 is 2.98. The summed E-state index contributed by atoms with van der Waals surface area (Å²) in [5.74, 6) is -0.00155. The number of hydrogen-bond acceptors (Lipinski definition) is 5. The number of anilines is 1. The van der Waals surface area contributed by atoms with Crippen LogP contribution in [-0.2, 0) is 0 Å². The lowest BCUT2D eigenvalue weighted by molar-refractivity contribution is 0.0987. The molecule has 0 fully saturated rings. The van der Waals surface area contributed by atoms with E-state index in [4.69, 9.17) is 0 Å². The highest BCUT2D eigenvalue weighted by Gasteiger charge is 2.35. The van der Waals surface area contributed by atoms with E-state index in [9.17, 15) is 4.79 Å². The van der Waals surface area contributed by atoms with Gasteiger partial charge in [0.1, 0.15) is 4.88 Å². The molecule has 0 aliphatic carbocycles. The molecule has 1 aliphatic rings. The number of carbonyl (C=O) groups is 1. The molecule has 0 saturated heterocycles. The van der Waals surface area contributed by atoms with Gasteiger partial charge in [0.15, 0.2) is 0 Å². The van der Waals surface area contributed by atoms with E-state index in [-0.39, 0.29) is 10.7 Å². The molecule has 0 saturated carbocycles. The Morgan fingerprint density at radius 3 is 2.80 bits per heavy atom. The minimum Gasteiger partial charge on any atom is -0.305 e. The average Bonchev–Trinajstić information content (AvgIpc) is 2.82. The number of rotatable bonds is 1. The molecular formula is C14H15N3OS2. The van der Waals surface area contributed by atoms with E-state index in [2.05, 4.69) is 29.5 Å². The zero-order valence-corrected chi connectivity index (χ0v) is 13.2. The molecular weight excluding hydrogens is 290 g/mol. The molecule has 1 aromatic carbocycles. The largest absolute Gasteiger partial charge is 0.305 e. The van der Waals surface area contributed by atoms with Gasteiger partial charge in [0.2, 0.25) is 0 Å². The Morgan fingerprint density at radius 1 is 1.35 bits per heavy atom. The minimum atomic E-state index is -0.00393. The van der Waals surface area contributed by atoms with Crippen LogP contribution in [0.5, 0.6) is 0 Å². The SMILES string of the molecule is Cc1nnsc1C(=O)N1CC(C)(C)Sc2ccccc21. The van der Waals surface area contributed by atoms with Crippen LogP contribution in [0.4, 0.5) is 5.69 Å². The highest BCUT2D eigenvalue weighted by atomic mass is 32.2. The first-order valence-electron chi connectivity index (χ1n) is 6.37. The summed E-state index contributed by atoms with van der Waals surface area (Å²) in [6.45, 7) is 6.83. The number of thioether (sulfide) groups is 1. The third kappa shape index (κ3) is 2.33. The predicted octanol–water partition coefficient (Wildman–Crippen LogP) is 3.38. The minimum absolute atomic E-state index is 0.00155. The van der Waals surface area contributed by atoms with E-state index >= 15 is 0 Å². The number of nitrogens with zero attached hydrogens (tertiary/aromatic N) is 3. The lowest BCUT2D eigenvalue weighted by Crippen LogP contribution is -2.43. The van der Waals surface area contributed by atoms with E-state index < -0.39 is 0 Å². The first-order valence-corrected chi connectivity index (χ1v) is 7.96. The van der Waals surface area contributed by atoms with Crippen LogP contribution >= 0.6 is 23.3 Å². The maximum absolute atomic E-state index is 12.8. The van der Waals surface area contributed by atoms with Crippen molar-refractivity contribution in [2.24, 2.45) is 0 Å². The van der Waals surface area contributed by atoms with Crippen LogP contribution in [0.3, 0.4) is 0 Å². The van der Waals surface area contributed by atoms with Gasteiger partial charge in [0.25, 0.3) is 5.91 Å².